The second-order valence-corrected chi connectivity index (χ2v) is 19.5. The van der Waals surface area contributed by atoms with Gasteiger partial charge in [-0.25, -0.2) is 8.78 Å². The number of carbonyl (C=O) groups is 5. The number of Topliss-reactive ketones (excluding diaryl/α,β-unsaturated/α-hetero) is 3. The van der Waals surface area contributed by atoms with E-state index < -0.39 is 99.1 Å². The zero-order chi connectivity index (χ0) is 41.3. The maximum atomic E-state index is 16.9. The quantitative estimate of drug-likeness (QED) is 0.262. The van der Waals surface area contributed by atoms with E-state index in [0.29, 0.717) is 12.8 Å². The molecule has 0 aliphatic heterocycles. The summed E-state index contributed by atoms with van der Waals surface area (Å²) < 4.78 is 32.1. The van der Waals surface area contributed by atoms with Crippen molar-refractivity contribution in [2.24, 2.45) is 57.2 Å². The second-order valence-electron chi connectivity index (χ2n) is 19.0. The SMILES string of the molecule is C[C@@H]1C[C@H]2[C@@H]3C[C@H](F)C4=CC(=O)C=C[C@]4(C)[C@@]3(F)[C@@H](O)C[C@]2(C)[C@@]1(O)C(=O)CO.C[C@]12C=CC(=O)C=C1[C@@H](Cl)C[C@@H]1[C@@H]2C(=O)C[C@@]2(C)[C@H]1CC[C@]2(O)C(=O)CO. The van der Waals surface area contributed by atoms with Gasteiger partial charge >= 0.3 is 0 Å². The van der Waals surface area contributed by atoms with Gasteiger partial charge in [0.25, 0.3) is 0 Å². The van der Waals surface area contributed by atoms with Crippen LogP contribution in [0.25, 0.3) is 0 Å². The Kier molecular flexibility index (Phi) is 9.71. The van der Waals surface area contributed by atoms with Crippen LogP contribution in [0.5, 0.6) is 0 Å². The molecule has 0 aromatic heterocycles. The Bertz CT molecular complexity index is 1910. The van der Waals surface area contributed by atoms with Gasteiger partial charge in [0, 0.05) is 39.9 Å². The van der Waals surface area contributed by atoms with E-state index in [4.69, 9.17) is 11.6 Å². The molecule has 13 heteroatoms. The molecule has 10 nitrogen and oxygen atoms in total. The number of fused-ring (bicyclic) bond motifs is 10. The maximum Gasteiger partial charge on any atom is 0.190 e. The van der Waals surface area contributed by atoms with Crippen molar-refractivity contribution in [1.29, 1.82) is 0 Å². The van der Waals surface area contributed by atoms with E-state index in [-0.39, 0.29) is 72.4 Å². The minimum absolute atomic E-state index is 0.000723. The van der Waals surface area contributed by atoms with Gasteiger partial charge in [-0.1, -0.05) is 39.8 Å². The summed E-state index contributed by atoms with van der Waals surface area (Å²) >= 11 is 6.67. The molecule has 0 unspecified atom stereocenters. The maximum absolute atomic E-state index is 16.9. The van der Waals surface area contributed by atoms with Crippen LogP contribution in [0.15, 0.2) is 47.6 Å². The summed E-state index contributed by atoms with van der Waals surface area (Å²) in [5.41, 5.74) is -9.19. The normalized spacial score (nSPS) is 51.2. The van der Waals surface area contributed by atoms with Gasteiger partial charge in [-0.05, 0) is 105 Å². The monoisotopic (exact) mass is 802 g/mol. The smallest absolute Gasteiger partial charge is 0.190 e. The molecule has 5 N–H and O–H groups in total. The van der Waals surface area contributed by atoms with Crippen molar-refractivity contribution < 1.29 is 58.3 Å². The van der Waals surface area contributed by atoms with Crippen LogP contribution < -0.4 is 0 Å². The number of aliphatic hydroxyl groups is 5. The first-order valence-corrected chi connectivity index (χ1v) is 20.2. The molecule has 0 radical (unpaired) electrons. The Morgan fingerprint density at radius 2 is 1.46 bits per heavy atom. The van der Waals surface area contributed by atoms with Crippen LogP contribution >= 0.6 is 11.6 Å². The number of ketones is 5. The summed E-state index contributed by atoms with van der Waals surface area (Å²) in [5, 5.41) is 52.0. The number of aliphatic hydroxyl groups excluding tert-OH is 3. The Morgan fingerprint density at radius 1 is 0.857 bits per heavy atom. The molecule has 16 atom stereocenters. The third-order valence-electron chi connectivity index (χ3n) is 16.8. The molecule has 0 bridgehead atoms. The van der Waals surface area contributed by atoms with Crippen LogP contribution in [-0.4, -0.2) is 102 Å². The Hall–Kier alpha value is -2.74. The van der Waals surface area contributed by atoms with E-state index in [1.807, 2.05) is 19.9 Å². The minimum atomic E-state index is -2.24. The van der Waals surface area contributed by atoms with Gasteiger partial charge < -0.3 is 25.5 Å². The highest BCUT2D eigenvalue weighted by Gasteiger charge is 2.76. The van der Waals surface area contributed by atoms with Gasteiger partial charge in [0.15, 0.2) is 28.8 Å². The molecule has 0 saturated heterocycles. The van der Waals surface area contributed by atoms with Gasteiger partial charge in [0.1, 0.15) is 36.4 Å². The molecule has 8 aliphatic carbocycles. The van der Waals surface area contributed by atoms with Gasteiger partial charge in [-0.15, -0.1) is 11.6 Å². The number of alkyl halides is 3. The van der Waals surface area contributed by atoms with Crippen molar-refractivity contribution in [1.82, 2.24) is 0 Å². The average molecular weight is 803 g/mol. The Balaban J connectivity index is 0.000000172. The minimum Gasteiger partial charge on any atom is -0.390 e. The van der Waals surface area contributed by atoms with Gasteiger partial charge in [-0.2, -0.15) is 0 Å². The van der Waals surface area contributed by atoms with Crippen molar-refractivity contribution in [3.63, 3.8) is 0 Å². The molecule has 8 rings (SSSR count). The highest BCUT2D eigenvalue weighted by molar-refractivity contribution is 6.23. The third kappa shape index (κ3) is 5.04. The van der Waals surface area contributed by atoms with E-state index in [2.05, 4.69) is 0 Å². The molecule has 0 heterocycles. The molecule has 6 fully saturated rings. The van der Waals surface area contributed by atoms with E-state index in [0.717, 1.165) is 11.6 Å². The van der Waals surface area contributed by atoms with E-state index in [1.165, 1.54) is 25.2 Å². The number of carbonyl (C=O) groups excluding carboxylic acids is 5. The first-order chi connectivity index (χ1) is 26.0. The number of rotatable bonds is 4. The van der Waals surface area contributed by atoms with Gasteiger partial charge in [-0.3, -0.25) is 24.0 Å². The zero-order valence-corrected chi connectivity index (χ0v) is 33.2. The van der Waals surface area contributed by atoms with Gasteiger partial charge in [0.05, 0.1) is 11.5 Å². The standard InChI is InChI=1S/C22H28F2O5.C21H25ClO5/c1-11-6-13-14-8-16(23)15-7-12(26)4-5-19(15,2)21(14,24)17(27)9-20(13,3)22(11,29)18(28)10-25;1-19-5-3-11(24)7-14(19)15(22)8-12-13-4-6-21(27,17(26)10-23)20(13,2)9-16(25)18(12)19/h4-5,7,11,13-14,16-17,25,27,29H,6,8-10H2,1-3H3;3,5,7,12-13,15,18,23,27H,4,6,8-10H2,1-2H3/t11-,13+,14+,16+,17+,19+,20+,21+,22+;12-,13-,15-,18+,19-,20-,21-/m10/s1. The lowest BCUT2D eigenvalue weighted by atomic mass is 9.44. The molecule has 8 aliphatic rings. The molecular weight excluding hydrogens is 750 g/mol. The summed E-state index contributed by atoms with van der Waals surface area (Å²) in [5.74, 6) is -4.37. The lowest BCUT2D eigenvalue weighted by Gasteiger charge is -2.63. The molecule has 0 aromatic carbocycles. The van der Waals surface area contributed by atoms with Crippen molar-refractivity contribution in [2.45, 2.75) is 114 Å². The highest BCUT2D eigenvalue weighted by atomic mass is 35.5. The van der Waals surface area contributed by atoms with Gasteiger partial charge in [0.2, 0.25) is 0 Å². The van der Waals surface area contributed by atoms with Crippen LogP contribution in [-0.2, 0) is 24.0 Å². The van der Waals surface area contributed by atoms with E-state index in [9.17, 15) is 49.5 Å². The number of allylic oxidation sites excluding steroid dienone is 8. The number of hydrogen-bond donors (Lipinski definition) is 5. The predicted octanol–water partition coefficient (Wildman–Crippen LogP) is 3.83. The lowest BCUT2D eigenvalue weighted by molar-refractivity contribution is -0.223. The van der Waals surface area contributed by atoms with Crippen molar-refractivity contribution in [3.05, 3.63) is 47.6 Å². The van der Waals surface area contributed by atoms with E-state index >= 15 is 8.78 Å². The fourth-order valence-corrected chi connectivity index (χ4v) is 14.4. The first-order valence-electron chi connectivity index (χ1n) is 19.8. The molecule has 0 aromatic rings. The van der Waals surface area contributed by atoms with Crippen LogP contribution in [0.4, 0.5) is 8.78 Å². The fraction of sp³-hybridized carbons (Fsp3) is 0.698. The highest BCUT2D eigenvalue weighted by Crippen LogP contribution is 2.71. The molecule has 0 amide bonds. The average Bonchev–Trinajstić information content (AvgIpc) is 3.52. The lowest BCUT2D eigenvalue weighted by Crippen LogP contribution is -2.70. The topological polar surface area (TPSA) is 186 Å². The van der Waals surface area contributed by atoms with Crippen LogP contribution in [0.1, 0.15) is 79.6 Å². The summed E-state index contributed by atoms with van der Waals surface area (Å²) in [7, 11) is 0. The van der Waals surface area contributed by atoms with E-state index in [1.54, 1.807) is 19.9 Å². The van der Waals surface area contributed by atoms with Crippen molar-refractivity contribution in [3.8, 4) is 0 Å². The predicted molar refractivity (Wildman–Crippen MR) is 199 cm³/mol. The second kappa shape index (κ2) is 13.1. The Labute approximate surface area is 330 Å². The Morgan fingerprint density at radius 3 is 2.09 bits per heavy atom. The summed E-state index contributed by atoms with van der Waals surface area (Å²) in [4.78, 5) is 61.9. The van der Waals surface area contributed by atoms with Crippen LogP contribution in [0.2, 0.25) is 0 Å². The van der Waals surface area contributed by atoms with Crippen LogP contribution in [0, 0.1) is 57.2 Å². The number of hydrogen-bond acceptors (Lipinski definition) is 10. The molecule has 0 spiro atoms. The van der Waals surface area contributed by atoms with Crippen molar-refractivity contribution in [2.75, 3.05) is 13.2 Å². The first kappa shape index (κ1) is 41.4. The van der Waals surface area contributed by atoms with Crippen LogP contribution in [0.3, 0.4) is 0 Å². The van der Waals surface area contributed by atoms with Crippen molar-refractivity contribution >= 4 is 40.5 Å². The largest absolute Gasteiger partial charge is 0.390 e. The third-order valence-corrected chi connectivity index (χ3v) is 17.2. The molecular formula is C43H53ClF2O10. The summed E-state index contributed by atoms with van der Waals surface area (Å²) in [6, 6.07) is 0. The summed E-state index contributed by atoms with van der Waals surface area (Å²) in [6.07, 6.45) is 6.84. The molecule has 56 heavy (non-hydrogen) atoms. The fourth-order valence-electron chi connectivity index (χ4n) is 13.9. The summed E-state index contributed by atoms with van der Waals surface area (Å²) in [6.45, 7) is 7.01. The zero-order valence-electron chi connectivity index (χ0n) is 32.4. The molecule has 6 saturated carbocycles. The number of halogens is 3. The molecule has 306 valence electrons.